The van der Waals surface area contributed by atoms with Gasteiger partial charge in [0.05, 0.1) is 18.6 Å². The molecule has 9 heteroatoms. The van der Waals surface area contributed by atoms with Crippen molar-refractivity contribution in [2.75, 3.05) is 45.8 Å². The maximum absolute atomic E-state index is 11.8. The highest BCUT2D eigenvalue weighted by atomic mass is 32.2. The average Bonchev–Trinajstić information content (AvgIpc) is 2.98. The Morgan fingerprint density at radius 1 is 1.30 bits per heavy atom. The van der Waals surface area contributed by atoms with Crippen molar-refractivity contribution in [1.82, 2.24) is 15.5 Å². The van der Waals surface area contributed by atoms with Crippen molar-refractivity contribution >= 4 is 21.7 Å². The van der Waals surface area contributed by atoms with Crippen LogP contribution in [0.3, 0.4) is 0 Å². The van der Waals surface area contributed by atoms with Gasteiger partial charge in [-0.25, -0.2) is 13.4 Å². The second-order valence-electron chi connectivity index (χ2n) is 6.72. The van der Waals surface area contributed by atoms with E-state index < -0.39 is 9.84 Å². The lowest BCUT2D eigenvalue weighted by atomic mass is 10.1. The predicted octanol–water partition coefficient (Wildman–Crippen LogP) is 0.0482. The highest BCUT2D eigenvalue weighted by molar-refractivity contribution is 7.91. The zero-order chi connectivity index (χ0) is 19.9. The first-order chi connectivity index (χ1) is 12.8. The van der Waals surface area contributed by atoms with Crippen LogP contribution in [0, 0.1) is 0 Å². The van der Waals surface area contributed by atoms with E-state index in [0.717, 1.165) is 17.7 Å². The van der Waals surface area contributed by atoms with Gasteiger partial charge in [-0.2, -0.15) is 0 Å². The van der Waals surface area contributed by atoms with E-state index in [1.807, 2.05) is 24.3 Å². The van der Waals surface area contributed by atoms with Gasteiger partial charge in [0.2, 0.25) is 5.91 Å². The molecule has 0 bridgehead atoms. The Morgan fingerprint density at radius 2 is 2.00 bits per heavy atom. The molecule has 2 N–H and O–H groups in total. The summed E-state index contributed by atoms with van der Waals surface area (Å²) in [4.78, 5) is 17.6. The number of hydrogen-bond donors (Lipinski definition) is 2. The van der Waals surface area contributed by atoms with E-state index in [0.29, 0.717) is 18.9 Å². The summed E-state index contributed by atoms with van der Waals surface area (Å²) in [7, 11) is 1.98. The first-order valence-electron chi connectivity index (χ1n) is 8.87. The molecule has 150 valence electrons. The van der Waals surface area contributed by atoms with Crippen molar-refractivity contribution in [2.45, 2.75) is 18.9 Å². The van der Waals surface area contributed by atoms with Crippen LogP contribution in [-0.4, -0.2) is 77.0 Å². The fourth-order valence-corrected chi connectivity index (χ4v) is 4.33. The van der Waals surface area contributed by atoms with E-state index in [2.05, 4.69) is 15.6 Å². The van der Waals surface area contributed by atoms with Crippen LogP contribution in [0.2, 0.25) is 0 Å². The van der Waals surface area contributed by atoms with E-state index in [-0.39, 0.29) is 30.0 Å². The molecule has 1 aromatic carbocycles. The van der Waals surface area contributed by atoms with Crippen LogP contribution < -0.4 is 15.4 Å². The van der Waals surface area contributed by atoms with Gasteiger partial charge in [-0.3, -0.25) is 4.79 Å². The average molecular weight is 397 g/mol. The van der Waals surface area contributed by atoms with Crippen LogP contribution in [0.5, 0.6) is 5.75 Å². The Morgan fingerprint density at radius 3 is 2.56 bits per heavy atom. The highest BCUT2D eigenvalue weighted by Crippen LogP contribution is 2.12. The number of carbonyl (C=O) groups is 1. The maximum Gasteiger partial charge on any atom is 0.243 e. The molecule has 0 radical (unpaired) electrons. The van der Waals surface area contributed by atoms with Gasteiger partial charge >= 0.3 is 0 Å². The minimum Gasteiger partial charge on any atom is -0.497 e. The molecule has 1 fully saturated rings. The van der Waals surface area contributed by atoms with Crippen molar-refractivity contribution < 1.29 is 17.9 Å². The summed E-state index contributed by atoms with van der Waals surface area (Å²) in [6.07, 6.45) is 1.30. The number of sulfone groups is 1. The van der Waals surface area contributed by atoms with Gasteiger partial charge in [0.1, 0.15) is 12.3 Å². The lowest BCUT2D eigenvalue weighted by Crippen LogP contribution is -2.45. The van der Waals surface area contributed by atoms with Crippen LogP contribution in [0.25, 0.3) is 0 Å². The quantitative estimate of drug-likeness (QED) is 0.499. The molecular formula is C18H28N4O4S. The zero-order valence-corrected chi connectivity index (χ0v) is 16.9. The smallest absolute Gasteiger partial charge is 0.243 e. The normalized spacial score (nSPS) is 18.8. The van der Waals surface area contributed by atoms with Crippen LogP contribution in [0.15, 0.2) is 29.3 Å². The maximum atomic E-state index is 11.8. The third kappa shape index (κ3) is 7.09. The minimum atomic E-state index is -2.99. The van der Waals surface area contributed by atoms with Gasteiger partial charge in [-0.15, -0.1) is 0 Å². The molecule has 1 saturated heterocycles. The van der Waals surface area contributed by atoms with Gasteiger partial charge in [0.25, 0.3) is 0 Å². The Balaban J connectivity index is 1.93. The van der Waals surface area contributed by atoms with Crippen molar-refractivity contribution in [1.29, 1.82) is 0 Å². The molecule has 0 aliphatic carbocycles. The predicted molar refractivity (Wildman–Crippen MR) is 106 cm³/mol. The summed E-state index contributed by atoms with van der Waals surface area (Å²) in [5, 5.41) is 6.33. The van der Waals surface area contributed by atoms with Crippen molar-refractivity contribution in [3.05, 3.63) is 29.8 Å². The number of likely N-dealkylation sites (N-methyl/N-ethyl adjacent to an activating group) is 1. The number of methoxy groups -OCH3 is 1. The summed E-state index contributed by atoms with van der Waals surface area (Å²) in [5.41, 5.74) is 1.13. The molecule has 1 amide bonds. The molecule has 0 aromatic heterocycles. The van der Waals surface area contributed by atoms with Crippen LogP contribution in [0.4, 0.5) is 0 Å². The summed E-state index contributed by atoms with van der Waals surface area (Å²) in [6, 6.07) is 7.61. The van der Waals surface area contributed by atoms with Gasteiger partial charge in [0, 0.05) is 26.7 Å². The Hall–Kier alpha value is -2.29. The van der Waals surface area contributed by atoms with Gasteiger partial charge < -0.3 is 20.3 Å². The number of aliphatic imine (C=N–C) groups is 1. The number of hydrogen-bond acceptors (Lipinski definition) is 5. The van der Waals surface area contributed by atoms with Gasteiger partial charge in [0.15, 0.2) is 15.8 Å². The lowest BCUT2D eigenvalue weighted by molar-refractivity contribution is -0.127. The molecule has 0 saturated carbocycles. The molecule has 1 aromatic rings. The monoisotopic (exact) mass is 396 g/mol. The highest BCUT2D eigenvalue weighted by Gasteiger charge is 2.28. The second kappa shape index (κ2) is 9.59. The number of ether oxygens (including phenoxy) is 1. The molecule has 8 nitrogen and oxygen atoms in total. The van der Waals surface area contributed by atoms with E-state index in [9.17, 15) is 13.2 Å². The zero-order valence-electron chi connectivity index (χ0n) is 16.1. The molecule has 1 aliphatic rings. The Labute approximate surface area is 160 Å². The number of benzene rings is 1. The number of amides is 1. The van der Waals surface area contributed by atoms with Gasteiger partial charge in [-0.1, -0.05) is 12.1 Å². The standard InChI is InChI=1S/C18H28N4O4S/c1-22(2)17(23)12-20-18(21-15-9-11-27(24,25)13-15)19-10-8-14-4-6-16(26-3)7-5-14/h4-7,15H,8-13H2,1-3H3,(H2,19,20,21). The van der Waals surface area contributed by atoms with Crippen LogP contribution in [0.1, 0.15) is 12.0 Å². The SMILES string of the molecule is COc1ccc(CCNC(=NCC(=O)N(C)C)NC2CCS(=O)(=O)C2)cc1. The second-order valence-corrected chi connectivity index (χ2v) is 8.95. The third-order valence-corrected chi connectivity index (χ3v) is 6.08. The first-order valence-corrected chi connectivity index (χ1v) is 10.7. The number of rotatable bonds is 7. The van der Waals surface area contributed by atoms with E-state index in [1.165, 1.54) is 4.90 Å². The fourth-order valence-electron chi connectivity index (χ4n) is 2.66. The summed E-state index contributed by atoms with van der Waals surface area (Å²) in [5.74, 6) is 1.42. The molecule has 2 rings (SSSR count). The topological polar surface area (TPSA) is 100 Å². The van der Waals surface area contributed by atoms with Crippen molar-refractivity contribution in [3.63, 3.8) is 0 Å². The van der Waals surface area contributed by atoms with E-state index >= 15 is 0 Å². The summed E-state index contributed by atoms with van der Waals surface area (Å²) >= 11 is 0. The molecule has 1 atom stereocenters. The number of guanidine groups is 1. The van der Waals surface area contributed by atoms with E-state index in [4.69, 9.17) is 4.74 Å². The molecule has 1 heterocycles. The van der Waals surface area contributed by atoms with E-state index in [1.54, 1.807) is 21.2 Å². The largest absolute Gasteiger partial charge is 0.497 e. The van der Waals surface area contributed by atoms with Crippen molar-refractivity contribution in [2.24, 2.45) is 4.99 Å². The molecule has 27 heavy (non-hydrogen) atoms. The fraction of sp³-hybridized carbons (Fsp3) is 0.556. The third-order valence-electron chi connectivity index (χ3n) is 4.31. The lowest BCUT2D eigenvalue weighted by Gasteiger charge is -2.17. The number of nitrogens with zero attached hydrogens (tertiary/aromatic N) is 2. The van der Waals surface area contributed by atoms with Crippen LogP contribution >= 0.6 is 0 Å². The molecular weight excluding hydrogens is 368 g/mol. The molecule has 0 spiro atoms. The number of nitrogens with one attached hydrogen (secondary N) is 2. The Bertz CT molecular complexity index is 760. The van der Waals surface area contributed by atoms with Crippen LogP contribution in [-0.2, 0) is 21.1 Å². The van der Waals surface area contributed by atoms with Crippen molar-refractivity contribution in [3.8, 4) is 5.75 Å². The Kier molecular flexibility index (Phi) is 7.46. The number of carbonyl (C=O) groups excluding carboxylic acids is 1. The molecule has 1 aliphatic heterocycles. The summed E-state index contributed by atoms with van der Waals surface area (Å²) in [6.45, 7) is 0.609. The molecule has 1 unspecified atom stereocenters. The van der Waals surface area contributed by atoms with Gasteiger partial charge in [-0.05, 0) is 30.5 Å². The minimum absolute atomic E-state index is 0.00430. The first kappa shape index (κ1) is 21.0. The summed E-state index contributed by atoms with van der Waals surface area (Å²) < 4.78 is 28.5.